The van der Waals surface area contributed by atoms with Crippen molar-refractivity contribution in [3.05, 3.63) is 5.82 Å². The average molecular weight is 258 g/mol. The van der Waals surface area contributed by atoms with E-state index in [0.29, 0.717) is 18.7 Å². The number of aryl methyl sites for hydroxylation is 1. The quantitative estimate of drug-likeness (QED) is 0.777. The minimum atomic E-state index is -3.04. The summed E-state index contributed by atoms with van der Waals surface area (Å²) in [5, 5.41) is 9.01. The lowest BCUT2D eigenvalue weighted by molar-refractivity contribution is -0.119. The summed E-state index contributed by atoms with van der Waals surface area (Å²) in [6.45, 7) is 1.91. The van der Waals surface area contributed by atoms with E-state index in [9.17, 15) is 13.2 Å². The SMILES string of the molecule is CCc1nc(NC(=O)C2CCS(=O)(=O)C2)n[nH]1. The highest BCUT2D eigenvalue weighted by atomic mass is 32.2. The fourth-order valence-corrected chi connectivity index (χ4v) is 3.46. The zero-order chi connectivity index (χ0) is 12.5. The summed E-state index contributed by atoms with van der Waals surface area (Å²) >= 11 is 0. The van der Waals surface area contributed by atoms with E-state index in [0.717, 1.165) is 0 Å². The molecule has 1 aliphatic heterocycles. The maximum Gasteiger partial charge on any atom is 0.248 e. The van der Waals surface area contributed by atoms with Crippen LogP contribution in [0.4, 0.5) is 5.95 Å². The van der Waals surface area contributed by atoms with Gasteiger partial charge in [0.05, 0.1) is 17.4 Å². The molecular formula is C9H14N4O3S. The zero-order valence-electron chi connectivity index (χ0n) is 9.43. The molecule has 1 aromatic heterocycles. The predicted molar refractivity (Wildman–Crippen MR) is 61.2 cm³/mol. The minimum Gasteiger partial charge on any atom is -0.293 e. The number of H-pyrrole nitrogens is 1. The summed E-state index contributed by atoms with van der Waals surface area (Å²) in [6.07, 6.45) is 1.07. The molecule has 2 rings (SSSR count). The highest BCUT2D eigenvalue weighted by molar-refractivity contribution is 7.91. The van der Waals surface area contributed by atoms with Gasteiger partial charge in [0.15, 0.2) is 9.84 Å². The van der Waals surface area contributed by atoms with E-state index in [4.69, 9.17) is 0 Å². The van der Waals surface area contributed by atoms with Crippen molar-refractivity contribution >= 4 is 21.7 Å². The van der Waals surface area contributed by atoms with E-state index in [1.807, 2.05) is 6.92 Å². The van der Waals surface area contributed by atoms with Crippen LogP contribution < -0.4 is 5.32 Å². The van der Waals surface area contributed by atoms with Gasteiger partial charge in [0, 0.05) is 6.42 Å². The Morgan fingerprint density at radius 3 is 2.88 bits per heavy atom. The second-order valence-electron chi connectivity index (χ2n) is 4.05. The molecule has 2 N–H and O–H groups in total. The molecule has 0 bridgehead atoms. The Morgan fingerprint density at radius 1 is 1.59 bits per heavy atom. The van der Waals surface area contributed by atoms with Gasteiger partial charge in [-0.15, -0.1) is 5.10 Å². The number of nitrogens with zero attached hydrogens (tertiary/aromatic N) is 2. The van der Waals surface area contributed by atoms with Gasteiger partial charge in [0.2, 0.25) is 11.9 Å². The first-order valence-electron chi connectivity index (χ1n) is 5.43. The molecule has 94 valence electrons. The van der Waals surface area contributed by atoms with Gasteiger partial charge in [-0.05, 0) is 6.42 Å². The summed E-state index contributed by atoms with van der Waals surface area (Å²) in [7, 11) is -3.04. The van der Waals surface area contributed by atoms with Crippen molar-refractivity contribution in [1.82, 2.24) is 15.2 Å². The van der Waals surface area contributed by atoms with Gasteiger partial charge in [-0.3, -0.25) is 15.2 Å². The monoisotopic (exact) mass is 258 g/mol. The third-order valence-corrected chi connectivity index (χ3v) is 4.47. The van der Waals surface area contributed by atoms with Gasteiger partial charge in [0.1, 0.15) is 5.82 Å². The maximum atomic E-state index is 11.7. The molecule has 0 saturated carbocycles. The van der Waals surface area contributed by atoms with Gasteiger partial charge < -0.3 is 0 Å². The lowest BCUT2D eigenvalue weighted by atomic mass is 10.1. The molecule has 0 radical (unpaired) electrons. The van der Waals surface area contributed by atoms with E-state index in [1.54, 1.807) is 0 Å². The lowest BCUT2D eigenvalue weighted by Crippen LogP contribution is -2.24. The van der Waals surface area contributed by atoms with Crippen LogP contribution in [0.2, 0.25) is 0 Å². The number of carbonyl (C=O) groups excluding carboxylic acids is 1. The number of amides is 1. The molecule has 1 fully saturated rings. The Labute approximate surface area is 98.9 Å². The van der Waals surface area contributed by atoms with Crippen LogP contribution in [-0.4, -0.2) is 41.0 Å². The fraction of sp³-hybridized carbons (Fsp3) is 0.667. The van der Waals surface area contributed by atoms with Crippen LogP contribution in [0.5, 0.6) is 0 Å². The minimum absolute atomic E-state index is 0.0795. The van der Waals surface area contributed by atoms with Crippen LogP contribution in [0.15, 0.2) is 0 Å². The normalized spacial score (nSPS) is 22.5. The molecule has 1 aromatic rings. The first kappa shape index (κ1) is 12.0. The van der Waals surface area contributed by atoms with Gasteiger partial charge in [0.25, 0.3) is 0 Å². The highest BCUT2D eigenvalue weighted by Gasteiger charge is 2.33. The predicted octanol–water partition coefficient (Wildman–Crippen LogP) is -0.260. The molecule has 8 heteroatoms. The van der Waals surface area contributed by atoms with Crippen molar-refractivity contribution in [2.45, 2.75) is 19.8 Å². The molecule has 1 atom stereocenters. The topological polar surface area (TPSA) is 105 Å². The van der Waals surface area contributed by atoms with Crippen molar-refractivity contribution in [1.29, 1.82) is 0 Å². The molecular weight excluding hydrogens is 244 g/mol. The third-order valence-electron chi connectivity index (χ3n) is 2.70. The first-order chi connectivity index (χ1) is 8.00. The van der Waals surface area contributed by atoms with Crippen molar-refractivity contribution in [2.75, 3.05) is 16.8 Å². The second-order valence-corrected chi connectivity index (χ2v) is 6.28. The average Bonchev–Trinajstić information content (AvgIpc) is 2.84. The highest BCUT2D eigenvalue weighted by Crippen LogP contribution is 2.19. The maximum absolute atomic E-state index is 11.7. The third kappa shape index (κ3) is 2.82. The number of hydrogen-bond donors (Lipinski definition) is 2. The fourth-order valence-electron chi connectivity index (χ4n) is 1.72. The lowest BCUT2D eigenvalue weighted by Gasteiger charge is -2.05. The molecule has 2 heterocycles. The molecule has 1 unspecified atom stereocenters. The molecule has 0 aliphatic carbocycles. The summed E-state index contributed by atoms with van der Waals surface area (Å²) in [4.78, 5) is 15.8. The molecule has 0 aromatic carbocycles. The van der Waals surface area contributed by atoms with E-state index >= 15 is 0 Å². The Balaban J connectivity index is 1.98. The van der Waals surface area contributed by atoms with E-state index < -0.39 is 15.8 Å². The van der Waals surface area contributed by atoms with Gasteiger partial charge in [-0.1, -0.05) is 6.92 Å². The smallest absolute Gasteiger partial charge is 0.248 e. The zero-order valence-corrected chi connectivity index (χ0v) is 10.2. The largest absolute Gasteiger partial charge is 0.293 e. The van der Waals surface area contributed by atoms with E-state index in [-0.39, 0.29) is 23.4 Å². The van der Waals surface area contributed by atoms with Crippen LogP contribution in [-0.2, 0) is 21.1 Å². The summed E-state index contributed by atoms with van der Waals surface area (Å²) in [5.41, 5.74) is 0. The summed E-state index contributed by atoms with van der Waals surface area (Å²) in [5.74, 6) is 0.0789. The standard InChI is InChI=1S/C9H14N4O3S/c1-2-7-10-9(13-12-7)11-8(14)6-3-4-17(15,16)5-6/h6H,2-5H2,1H3,(H2,10,11,12,13,14). The first-order valence-corrected chi connectivity index (χ1v) is 7.25. The van der Waals surface area contributed by atoms with Crippen LogP contribution in [0.3, 0.4) is 0 Å². The van der Waals surface area contributed by atoms with Crippen LogP contribution in [0.1, 0.15) is 19.2 Å². The van der Waals surface area contributed by atoms with Gasteiger partial charge >= 0.3 is 0 Å². The van der Waals surface area contributed by atoms with Crippen molar-refractivity contribution in [3.8, 4) is 0 Å². The van der Waals surface area contributed by atoms with Crippen molar-refractivity contribution in [2.24, 2.45) is 5.92 Å². The number of aromatic amines is 1. The Morgan fingerprint density at radius 2 is 2.35 bits per heavy atom. The molecule has 1 saturated heterocycles. The van der Waals surface area contributed by atoms with Crippen LogP contribution >= 0.6 is 0 Å². The van der Waals surface area contributed by atoms with Gasteiger partial charge in [-0.25, -0.2) is 8.42 Å². The number of sulfone groups is 1. The summed E-state index contributed by atoms with van der Waals surface area (Å²) < 4.78 is 22.5. The van der Waals surface area contributed by atoms with E-state index in [2.05, 4.69) is 20.5 Å². The number of rotatable bonds is 3. The number of anilines is 1. The van der Waals surface area contributed by atoms with Crippen molar-refractivity contribution in [3.63, 3.8) is 0 Å². The van der Waals surface area contributed by atoms with E-state index in [1.165, 1.54) is 0 Å². The van der Waals surface area contributed by atoms with Crippen molar-refractivity contribution < 1.29 is 13.2 Å². The number of aromatic nitrogens is 3. The molecule has 17 heavy (non-hydrogen) atoms. The molecule has 1 amide bonds. The summed E-state index contributed by atoms with van der Waals surface area (Å²) in [6, 6.07) is 0. The Bertz CT molecular complexity index is 522. The Kier molecular flexibility index (Phi) is 3.14. The second kappa shape index (κ2) is 4.44. The Hall–Kier alpha value is -1.44. The number of hydrogen-bond acceptors (Lipinski definition) is 5. The van der Waals surface area contributed by atoms with Gasteiger partial charge in [-0.2, -0.15) is 4.98 Å². The molecule has 1 aliphatic rings. The molecule has 7 nitrogen and oxygen atoms in total. The number of nitrogens with one attached hydrogen (secondary N) is 2. The number of carbonyl (C=O) groups is 1. The van der Waals surface area contributed by atoms with Crippen LogP contribution in [0, 0.1) is 5.92 Å². The van der Waals surface area contributed by atoms with Crippen LogP contribution in [0.25, 0.3) is 0 Å². The molecule has 0 spiro atoms.